The molecule has 0 fully saturated rings. The highest BCUT2D eigenvalue weighted by atomic mass is 32.2. The number of hydrogen-bond donors (Lipinski definition) is 0. The molecule has 0 unspecified atom stereocenters. The Balaban J connectivity index is 1.86. The van der Waals surface area contributed by atoms with Crippen LogP contribution in [0.3, 0.4) is 0 Å². The number of para-hydroxylation sites is 1. The SMILES string of the molecule is CCN(C(=O)CSc1nc2ccccc2c(=O)n1CCC(=O)OC)c1ccc(F)cc1. The maximum absolute atomic E-state index is 13.2. The number of halogens is 1. The van der Waals surface area contributed by atoms with Gasteiger partial charge in [0.2, 0.25) is 5.91 Å². The topological polar surface area (TPSA) is 81.5 Å². The standard InChI is InChI=1S/C22H22FN3O4S/c1-3-25(16-10-8-15(23)9-11-16)19(27)14-31-22-24-18-7-5-4-6-17(18)21(29)26(22)13-12-20(28)30-2/h4-11H,3,12-14H2,1-2H3. The molecule has 1 aromatic heterocycles. The summed E-state index contributed by atoms with van der Waals surface area (Å²) < 4.78 is 19.3. The average molecular weight is 444 g/mol. The van der Waals surface area contributed by atoms with Crippen LogP contribution < -0.4 is 10.5 Å². The summed E-state index contributed by atoms with van der Waals surface area (Å²) in [5.41, 5.74) is 0.821. The van der Waals surface area contributed by atoms with Crippen molar-refractivity contribution >= 4 is 40.2 Å². The maximum Gasteiger partial charge on any atom is 0.307 e. The van der Waals surface area contributed by atoms with E-state index in [4.69, 9.17) is 0 Å². The van der Waals surface area contributed by atoms with Gasteiger partial charge in [0.25, 0.3) is 5.56 Å². The van der Waals surface area contributed by atoms with Crippen molar-refractivity contribution in [3.63, 3.8) is 0 Å². The minimum atomic E-state index is -0.444. The van der Waals surface area contributed by atoms with Gasteiger partial charge in [-0.05, 0) is 43.3 Å². The molecule has 1 heterocycles. The van der Waals surface area contributed by atoms with Crippen LogP contribution in [0, 0.1) is 5.82 Å². The summed E-state index contributed by atoms with van der Waals surface area (Å²) in [4.78, 5) is 43.5. The summed E-state index contributed by atoms with van der Waals surface area (Å²) in [6, 6.07) is 12.6. The third kappa shape index (κ3) is 5.29. The van der Waals surface area contributed by atoms with Gasteiger partial charge < -0.3 is 9.64 Å². The molecule has 162 valence electrons. The first-order chi connectivity index (χ1) is 14.9. The second kappa shape index (κ2) is 10.2. The minimum absolute atomic E-state index is 0.00853. The zero-order valence-corrected chi connectivity index (χ0v) is 18.0. The molecule has 2 aromatic carbocycles. The van der Waals surface area contributed by atoms with Crippen molar-refractivity contribution in [2.24, 2.45) is 0 Å². The Hall–Kier alpha value is -3.20. The van der Waals surface area contributed by atoms with Gasteiger partial charge in [-0.25, -0.2) is 9.37 Å². The smallest absolute Gasteiger partial charge is 0.307 e. The summed E-state index contributed by atoms with van der Waals surface area (Å²) in [5, 5.41) is 0.778. The molecule has 31 heavy (non-hydrogen) atoms. The molecule has 0 aliphatic carbocycles. The molecule has 7 nitrogen and oxygen atoms in total. The Morgan fingerprint density at radius 2 is 1.87 bits per heavy atom. The number of methoxy groups -OCH3 is 1. The number of esters is 1. The Labute approximate surface area is 182 Å². The molecule has 0 bridgehead atoms. The predicted molar refractivity (Wildman–Crippen MR) is 118 cm³/mol. The van der Waals surface area contributed by atoms with E-state index in [1.54, 1.807) is 36.4 Å². The normalized spacial score (nSPS) is 10.8. The molecule has 0 aliphatic heterocycles. The number of carbonyl (C=O) groups excluding carboxylic acids is 2. The lowest BCUT2D eigenvalue weighted by Gasteiger charge is -2.21. The van der Waals surface area contributed by atoms with Gasteiger partial charge in [0.15, 0.2) is 5.16 Å². The Morgan fingerprint density at radius 1 is 1.16 bits per heavy atom. The molecular weight excluding hydrogens is 421 g/mol. The van der Waals surface area contributed by atoms with Crippen LogP contribution >= 0.6 is 11.8 Å². The predicted octanol–water partition coefficient (Wildman–Crippen LogP) is 3.24. The van der Waals surface area contributed by atoms with Gasteiger partial charge >= 0.3 is 5.97 Å². The first-order valence-corrected chi connectivity index (χ1v) is 10.7. The molecular formula is C22H22FN3O4S. The van der Waals surface area contributed by atoms with Crippen molar-refractivity contribution in [2.75, 3.05) is 24.3 Å². The number of amides is 1. The molecule has 0 atom stereocenters. The van der Waals surface area contributed by atoms with Crippen LogP contribution in [0.15, 0.2) is 58.5 Å². The van der Waals surface area contributed by atoms with E-state index in [2.05, 4.69) is 9.72 Å². The van der Waals surface area contributed by atoms with Crippen molar-refractivity contribution in [3.8, 4) is 0 Å². The van der Waals surface area contributed by atoms with Crippen molar-refractivity contribution in [2.45, 2.75) is 25.0 Å². The zero-order chi connectivity index (χ0) is 22.4. The summed E-state index contributed by atoms with van der Waals surface area (Å²) >= 11 is 1.12. The Kier molecular flexibility index (Phi) is 7.41. The highest BCUT2D eigenvalue weighted by Gasteiger charge is 2.18. The largest absolute Gasteiger partial charge is 0.469 e. The van der Waals surface area contributed by atoms with Crippen LogP contribution in [0.4, 0.5) is 10.1 Å². The number of hydrogen-bond acceptors (Lipinski definition) is 6. The fourth-order valence-electron chi connectivity index (χ4n) is 3.09. The number of benzene rings is 2. The van der Waals surface area contributed by atoms with Crippen LogP contribution in [0.2, 0.25) is 0 Å². The highest BCUT2D eigenvalue weighted by molar-refractivity contribution is 7.99. The number of ether oxygens (including phenoxy) is 1. The van der Waals surface area contributed by atoms with Gasteiger partial charge in [0.1, 0.15) is 5.82 Å². The molecule has 0 N–H and O–H groups in total. The number of thioether (sulfide) groups is 1. The molecule has 0 radical (unpaired) electrons. The quantitative estimate of drug-likeness (QED) is 0.302. The van der Waals surface area contributed by atoms with Gasteiger partial charge in [0.05, 0.1) is 30.2 Å². The number of fused-ring (bicyclic) bond motifs is 1. The number of aromatic nitrogens is 2. The minimum Gasteiger partial charge on any atom is -0.469 e. The first kappa shape index (κ1) is 22.5. The van der Waals surface area contributed by atoms with Crippen molar-refractivity contribution < 1.29 is 18.7 Å². The van der Waals surface area contributed by atoms with Gasteiger partial charge in [-0.15, -0.1) is 0 Å². The van der Waals surface area contributed by atoms with Crippen LogP contribution in [0.25, 0.3) is 10.9 Å². The Bertz CT molecular complexity index is 1150. The molecule has 1 amide bonds. The zero-order valence-electron chi connectivity index (χ0n) is 17.2. The van der Waals surface area contributed by atoms with E-state index in [0.717, 1.165) is 11.8 Å². The van der Waals surface area contributed by atoms with E-state index in [1.807, 2.05) is 6.92 Å². The van der Waals surface area contributed by atoms with Gasteiger partial charge in [-0.3, -0.25) is 19.0 Å². The molecule has 0 saturated carbocycles. The maximum atomic E-state index is 13.2. The second-order valence-corrected chi connectivity index (χ2v) is 7.54. The van der Waals surface area contributed by atoms with Crippen molar-refractivity contribution in [3.05, 3.63) is 64.7 Å². The van der Waals surface area contributed by atoms with Gasteiger partial charge in [0, 0.05) is 18.8 Å². The number of nitrogens with zero attached hydrogens (tertiary/aromatic N) is 3. The molecule has 0 saturated heterocycles. The average Bonchev–Trinajstić information content (AvgIpc) is 2.78. The van der Waals surface area contributed by atoms with E-state index in [9.17, 15) is 18.8 Å². The summed E-state index contributed by atoms with van der Waals surface area (Å²) in [5.74, 6) is -1.01. The van der Waals surface area contributed by atoms with E-state index >= 15 is 0 Å². The summed E-state index contributed by atoms with van der Waals surface area (Å²) in [7, 11) is 1.28. The van der Waals surface area contributed by atoms with E-state index in [-0.39, 0.29) is 36.0 Å². The lowest BCUT2D eigenvalue weighted by molar-refractivity contribution is -0.140. The van der Waals surface area contributed by atoms with Crippen LogP contribution in [-0.4, -0.2) is 40.8 Å². The van der Waals surface area contributed by atoms with Crippen LogP contribution in [0.1, 0.15) is 13.3 Å². The monoisotopic (exact) mass is 443 g/mol. The summed E-state index contributed by atoms with van der Waals surface area (Å²) in [6.07, 6.45) is 0.00853. The first-order valence-electron chi connectivity index (χ1n) is 9.69. The molecule has 3 aromatic rings. The van der Waals surface area contributed by atoms with E-state index in [1.165, 1.54) is 28.7 Å². The third-order valence-corrected chi connectivity index (χ3v) is 5.64. The molecule has 9 heteroatoms. The van der Waals surface area contributed by atoms with E-state index < -0.39 is 5.97 Å². The van der Waals surface area contributed by atoms with Gasteiger partial charge in [-0.2, -0.15) is 0 Å². The lowest BCUT2D eigenvalue weighted by atomic mass is 10.2. The van der Waals surface area contributed by atoms with E-state index in [0.29, 0.717) is 28.3 Å². The van der Waals surface area contributed by atoms with Gasteiger partial charge in [-0.1, -0.05) is 23.9 Å². The highest BCUT2D eigenvalue weighted by Crippen LogP contribution is 2.21. The van der Waals surface area contributed by atoms with Crippen LogP contribution in [-0.2, 0) is 20.9 Å². The van der Waals surface area contributed by atoms with Crippen LogP contribution in [0.5, 0.6) is 0 Å². The lowest BCUT2D eigenvalue weighted by Crippen LogP contribution is -2.32. The fourth-order valence-corrected chi connectivity index (χ4v) is 3.99. The van der Waals surface area contributed by atoms with Crippen molar-refractivity contribution in [1.29, 1.82) is 0 Å². The second-order valence-electron chi connectivity index (χ2n) is 6.60. The Morgan fingerprint density at radius 3 is 2.55 bits per heavy atom. The fraction of sp³-hybridized carbons (Fsp3) is 0.273. The third-order valence-electron chi connectivity index (χ3n) is 4.67. The molecule has 0 aliphatic rings. The number of rotatable bonds is 8. The van der Waals surface area contributed by atoms with Crippen molar-refractivity contribution in [1.82, 2.24) is 9.55 Å². The summed E-state index contributed by atoms with van der Waals surface area (Å²) in [6.45, 7) is 2.33. The number of carbonyl (C=O) groups is 2. The molecule has 0 spiro atoms. The number of anilines is 1. The molecule has 3 rings (SSSR count).